The average Bonchev–Trinajstić information content (AvgIpc) is 3.16. The molecule has 1 aliphatic heterocycles. The van der Waals surface area contributed by atoms with Crippen LogP contribution in [0.3, 0.4) is 0 Å². The van der Waals surface area contributed by atoms with Crippen molar-refractivity contribution in [2.24, 2.45) is 0 Å². The second-order valence-corrected chi connectivity index (χ2v) is 6.10. The Hall–Kier alpha value is -2.96. The molecule has 130 valence electrons. The summed E-state index contributed by atoms with van der Waals surface area (Å²) in [5.41, 5.74) is 1.73. The molecule has 0 spiro atoms. The van der Waals surface area contributed by atoms with Gasteiger partial charge in [0.2, 0.25) is 0 Å². The van der Waals surface area contributed by atoms with Crippen LogP contribution in [0.25, 0.3) is 0 Å². The fourth-order valence-corrected chi connectivity index (χ4v) is 3.03. The molecule has 25 heavy (non-hydrogen) atoms. The summed E-state index contributed by atoms with van der Waals surface area (Å²) in [6.45, 7) is 3.55. The van der Waals surface area contributed by atoms with Crippen LogP contribution < -0.4 is 10.2 Å². The van der Waals surface area contributed by atoms with Gasteiger partial charge in [-0.1, -0.05) is 6.07 Å². The third-order valence-corrected chi connectivity index (χ3v) is 4.36. The lowest BCUT2D eigenvalue weighted by molar-refractivity contribution is -0.384. The number of non-ortho nitro benzene ring substituents is 1. The maximum absolute atomic E-state index is 12.8. The first-order chi connectivity index (χ1) is 12.1. The Morgan fingerprint density at radius 3 is 2.68 bits per heavy atom. The van der Waals surface area contributed by atoms with Gasteiger partial charge in [-0.25, -0.2) is 0 Å². The van der Waals surface area contributed by atoms with Crippen LogP contribution in [0.4, 0.5) is 11.4 Å². The zero-order valence-corrected chi connectivity index (χ0v) is 14.0. The molecule has 3 rings (SSSR count). The Kier molecular flexibility index (Phi) is 4.92. The highest BCUT2D eigenvalue weighted by atomic mass is 16.6. The lowest BCUT2D eigenvalue weighted by Gasteiger charge is -2.22. The summed E-state index contributed by atoms with van der Waals surface area (Å²) in [5.74, 6) is -0.330. The van der Waals surface area contributed by atoms with E-state index < -0.39 is 4.92 Å². The molecule has 1 amide bonds. The van der Waals surface area contributed by atoms with Crippen molar-refractivity contribution in [3.8, 4) is 0 Å². The number of carbonyl (C=O) groups excluding carboxylic acids is 1. The number of nitro benzene ring substituents is 1. The Balaban J connectivity index is 1.88. The van der Waals surface area contributed by atoms with Crippen molar-refractivity contribution in [2.75, 3.05) is 18.0 Å². The standard InChI is InChI=1S/C18H20N4O3/c1-13(16-6-2-3-9-19-16)20-18(23)15-12-14(22(24)25)7-8-17(15)21-10-4-5-11-21/h2-3,6-9,12-13H,4-5,10-11H2,1H3,(H,20,23). The number of carbonyl (C=O) groups is 1. The van der Waals surface area contributed by atoms with Crippen LogP contribution in [0, 0.1) is 10.1 Å². The number of anilines is 1. The van der Waals surface area contributed by atoms with Gasteiger partial charge in [-0.3, -0.25) is 19.9 Å². The zero-order valence-electron chi connectivity index (χ0n) is 14.0. The molecular formula is C18H20N4O3. The first-order valence-corrected chi connectivity index (χ1v) is 8.31. The predicted molar refractivity (Wildman–Crippen MR) is 94.7 cm³/mol. The first-order valence-electron chi connectivity index (χ1n) is 8.31. The smallest absolute Gasteiger partial charge is 0.270 e. The van der Waals surface area contributed by atoms with Crippen LogP contribution in [0.5, 0.6) is 0 Å². The monoisotopic (exact) mass is 340 g/mol. The fraction of sp³-hybridized carbons (Fsp3) is 0.333. The maximum Gasteiger partial charge on any atom is 0.270 e. The number of nitro groups is 1. The van der Waals surface area contributed by atoms with Gasteiger partial charge in [0.1, 0.15) is 0 Å². The molecule has 1 fully saturated rings. The number of hydrogen-bond donors (Lipinski definition) is 1. The van der Waals surface area contributed by atoms with E-state index in [1.165, 1.54) is 12.1 Å². The van der Waals surface area contributed by atoms with Crippen molar-refractivity contribution in [1.29, 1.82) is 0 Å². The minimum atomic E-state index is -0.479. The fourth-order valence-electron chi connectivity index (χ4n) is 3.03. The lowest BCUT2D eigenvalue weighted by Crippen LogP contribution is -2.30. The molecular weight excluding hydrogens is 320 g/mol. The molecule has 0 radical (unpaired) electrons. The van der Waals surface area contributed by atoms with Crippen molar-refractivity contribution >= 4 is 17.3 Å². The zero-order chi connectivity index (χ0) is 17.8. The van der Waals surface area contributed by atoms with E-state index in [0.29, 0.717) is 5.56 Å². The predicted octanol–water partition coefficient (Wildman–Crippen LogP) is 3.08. The quantitative estimate of drug-likeness (QED) is 0.667. The minimum absolute atomic E-state index is 0.0846. The molecule has 7 nitrogen and oxygen atoms in total. The molecule has 1 atom stereocenters. The second kappa shape index (κ2) is 7.29. The summed E-state index contributed by atoms with van der Waals surface area (Å²) in [6, 6.07) is 9.68. The van der Waals surface area contributed by atoms with Gasteiger partial charge in [0, 0.05) is 31.4 Å². The number of amides is 1. The highest BCUT2D eigenvalue weighted by Crippen LogP contribution is 2.28. The van der Waals surface area contributed by atoms with Crippen LogP contribution in [-0.2, 0) is 0 Å². The summed E-state index contributed by atoms with van der Waals surface area (Å²) < 4.78 is 0. The molecule has 2 aromatic rings. The van der Waals surface area contributed by atoms with Gasteiger partial charge in [-0.2, -0.15) is 0 Å². The van der Waals surface area contributed by atoms with Crippen molar-refractivity contribution in [3.05, 3.63) is 64.0 Å². The highest BCUT2D eigenvalue weighted by Gasteiger charge is 2.23. The van der Waals surface area contributed by atoms with E-state index in [2.05, 4.69) is 15.2 Å². The molecule has 1 aliphatic rings. The van der Waals surface area contributed by atoms with Crippen molar-refractivity contribution in [3.63, 3.8) is 0 Å². The van der Waals surface area contributed by atoms with Gasteiger partial charge in [-0.15, -0.1) is 0 Å². The summed E-state index contributed by atoms with van der Waals surface area (Å²) in [6.07, 6.45) is 3.78. The summed E-state index contributed by atoms with van der Waals surface area (Å²) >= 11 is 0. The van der Waals surface area contributed by atoms with Crippen LogP contribution >= 0.6 is 0 Å². The Bertz CT molecular complexity index is 773. The van der Waals surface area contributed by atoms with Crippen molar-refractivity contribution in [2.45, 2.75) is 25.8 Å². The molecule has 1 aromatic heterocycles. The van der Waals surface area contributed by atoms with E-state index in [9.17, 15) is 14.9 Å². The topological polar surface area (TPSA) is 88.4 Å². The number of aromatic nitrogens is 1. The Morgan fingerprint density at radius 1 is 1.28 bits per heavy atom. The summed E-state index contributed by atoms with van der Waals surface area (Å²) in [4.78, 5) is 29.8. The Morgan fingerprint density at radius 2 is 2.04 bits per heavy atom. The number of hydrogen-bond acceptors (Lipinski definition) is 5. The molecule has 1 aromatic carbocycles. The van der Waals surface area contributed by atoms with Gasteiger partial charge < -0.3 is 10.2 Å². The largest absolute Gasteiger partial charge is 0.371 e. The number of pyridine rings is 1. The summed E-state index contributed by atoms with van der Waals surface area (Å²) in [7, 11) is 0. The number of benzene rings is 1. The first kappa shape index (κ1) is 16.9. The van der Waals surface area contributed by atoms with E-state index in [0.717, 1.165) is 37.3 Å². The average molecular weight is 340 g/mol. The molecule has 0 saturated carbocycles. The SMILES string of the molecule is CC(NC(=O)c1cc([N+](=O)[O-])ccc1N1CCCC1)c1ccccn1. The number of nitrogens with one attached hydrogen (secondary N) is 1. The molecule has 1 N–H and O–H groups in total. The normalized spacial score (nSPS) is 15.0. The summed E-state index contributed by atoms with van der Waals surface area (Å²) in [5, 5.41) is 14.0. The van der Waals surface area contributed by atoms with E-state index in [1.807, 2.05) is 25.1 Å². The minimum Gasteiger partial charge on any atom is -0.371 e. The third-order valence-electron chi connectivity index (χ3n) is 4.36. The highest BCUT2D eigenvalue weighted by molar-refractivity contribution is 6.00. The van der Waals surface area contributed by atoms with Gasteiger partial charge in [-0.05, 0) is 38.0 Å². The molecule has 0 bridgehead atoms. The van der Waals surface area contributed by atoms with E-state index in [1.54, 1.807) is 12.3 Å². The van der Waals surface area contributed by atoms with Gasteiger partial charge in [0.25, 0.3) is 11.6 Å². The molecule has 1 unspecified atom stereocenters. The van der Waals surface area contributed by atoms with Crippen molar-refractivity contribution in [1.82, 2.24) is 10.3 Å². The molecule has 1 saturated heterocycles. The molecule has 0 aliphatic carbocycles. The van der Waals surface area contributed by atoms with Crippen LogP contribution in [-0.4, -0.2) is 28.9 Å². The maximum atomic E-state index is 12.8. The van der Waals surface area contributed by atoms with E-state index in [4.69, 9.17) is 0 Å². The van der Waals surface area contributed by atoms with Crippen LogP contribution in [0.15, 0.2) is 42.6 Å². The Labute approximate surface area is 145 Å². The van der Waals surface area contributed by atoms with Gasteiger partial charge in [0.05, 0.1) is 27.9 Å². The van der Waals surface area contributed by atoms with E-state index >= 15 is 0 Å². The van der Waals surface area contributed by atoms with Gasteiger partial charge >= 0.3 is 0 Å². The lowest BCUT2D eigenvalue weighted by atomic mass is 10.1. The van der Waals surface area contributed by atoms with Gasteiger partial charge in [0.15, 0.2) is 0 Å². The van der Waals surface area contributed by atoms with E-state index in [-0.39, 0.29) is 17.6 Å². The van der Waals surface area contributed by atoms with Crippen molar-refractivity contribution < 1.29 is 9.72 Å². The second-order valence-electron chi connectivity index (χ2n) is 6.10. The number of rotatable bonds is 5. The number of nitrogens with zero attached hydrogens (tertiary/aromatic N) is 3. The van der Waals surface area contributed by atoms with Crippen LogP contribution in [0.1, 0.15) is 41.9 Å². The third kappa shape index (κ3) is 3.76. The van der Waals surface area contributed by atoms with Crippen LogP contribution in [0.2, 0.25) is 0 Å². The molecule has 7 heteroatoms. The molecule has 2 heterocycles.